The highest BCUT2D eigenvalue weighted by atomic mass is 16.5. The van der Waals surface area contributed by atoms with Gasteiger partial charge in [0.25, 0.3) is 0 Å². The number of hydrogen-bond acceptors (Lipinski definition) is 3. The maximum atomic E-state index is 8.69. The predicted molar refractivity (Wildman–Crippen MR) is 45.9 cm³/mol. The number of aliphatic hydroxyl groups is 1. The second-order valence-electron chi connectivity index (χ2n) is 2.24. The molecule has 0 amide bonds. The minimum Gasteiger partial charge on any atom is -0.488 e. The van der Waals surface area contributed by atoms with Crippen molar-refractivity contribution in [3.63, 3.8) is 0 Å². The molecule has 1 heterocycles. The average molecular weight is 165 g/mol. The van der Waals surface area contributed by atoms with Gasteiger partial charge in [-0.15, -0.1) is 0 Å². The number of nitrogens with zero attached hydrogens (tertiary/aromatic N) is 1. The van der Waals surface area contributed by atoms with Crippen LogP contribution in [0.2, 0.25) is 0 Å². The van der Waals surface area contributed by atoms with Crippen molar-refractivity contribution < 1.29 is 9.84 Å². The number of pyridine rings is 1. The summed E-state index contributed by atoms with van der Waals surface area (Å²) in [5, 5.41) is 8.69. The topological polar surface area (TPSA) is 42.4 Å². The number of ether oxygens (including phenoxy) is 1. The van der Waals surface area contributed by atoms with Crippen LogP contribution in [0.3, 0.4) is 0 Å². The molecule has 0 radical (unpaired) electrons. The van der Waals surface area contributed by atoms with Crippen molar-refractivity contribution in [3.8, 4) is 5.75 Å². The molecule has 1 rings (SSSR count). The maximum absolute atomic E-state index is 8.69. The maximum Gasteiger partial charge on any atom is 0.138 e. The highest BCUT2D eigenvalue weighted by Gasteiger charge is 1.93. The van der Waals surface area contributed by atoms with Crippen LogP contribution in [0.25, 0.3) is 0 Å². The molecule has 0 unspecified atom stereocenters. The molecule has 0 atom stereocenters. The Kier molecular flexibility index (Phi) is 3.29. The number of aromatic nitrogens is 1. The van der Waals surface area contributed by atoms with Gasteiger partial charge >= 0.3 is 0 Å². The van der Waals surface area contributed by atoms with E-state index in [0.717, 1.165) is 0 Å². The summed E-state index contributed by atoms with van der Waals surface area (Å²) in [6.45, 7) is 3.96. The van der Waals surface area contributed by atoms with Crippen molar-refractivity contribution in [1.82, 2.24) is 4.98 Å². The minimum absolute atomic E-state index is 0.0399. The molecule has 1 aromatic rings. The van der Waals surface area contributed by atoms with E-state index in [4.69, 9.17) is 9.84 Å². The first-order valence-corrected chi connectivity index (χ1v) is 3.66. The molecule has 1 aromatic heterocycles. The molecule has 0 saturated heterocycles. The summed E-state index contributed by atoms with van der Waals surface area (Å²) in [6.07, 6.45) is 3.25. The van der Waals surface area contributed by atoms with E-state index in [-0.39, 0.29) is 6.61 Å². The number of rotatable bonds is 4. The molecule has 0 aromatic carbocycles. The van der Waals surface area contributed by atoms with E-state index in [0.29, 0.717) is 18.1 Å². The van der Waals surface area contributed by atoms with Crippen molar-refractivity contribution in [2.45, 2.75) is 6.61 Å². The van der Waals surface area contributed by atoms with Crippen LogP contribution in [0.4, 0.5) is 0 Å². The van der Waals surface area contributed by atoms with Crippen LogP contribution < -0.4 is 4.74 Å². The average Bonchev–Trinajstić information content (AvgIpc) is 2.15. The lowest BCUT2D eigenvalue weighted by Gasteiger charge is -2.01. The molecule has 0 aliphatic rings. The lowest BCUT2D eigenvalue weighted by molar-refractivity contribution is 0.276. The largest absolute Gasteiger partial charge is 0.488 e. The molecular weight excluding hydrogens is 154 g/mol. The van der Waals surface area contributed by atoms with Gasteiger partial charge in [0.1, 0.15) is 12.4 Å². The zero-order valence-electron chi connectivity index (χ0n) is 6.73. The van der Waals surface area contributed by atoms with Crippen molar-refractivity contribution in [2.24, 2.45) is 0 Å². The fourth-order valence-electron chi connectivity index (χ4n) is 0.745. The molecule has 0 saturated carbocycles. The van der Waals surface area contributed by atoms with Gasteiger partial charge < -0.3 is 9.84 Å². The van der Waals surface area contributed by atoms with Gasteiger partial charge in [-0.25, -0.2) is 0 Å². The quantitative estimate of drug-likeness (QED) is 0.680. The monoisotopic (exact) mass is 165 g/mol. The van der Waals surface area contributed by atoms with Crippen LogP contribution in [0.1, 0.15) is 5.69 Å². The van der Waals surface area contributed by atoms with Gasteiger partial charge in [-0.05, 0) is 12.1 Å². The Hall–Kier alpha value is -1.35. The van der Waals surface area contributed by atoms with Crippen molar-refractivity contribution in [1.29, 1.82) is 0 Å². The summed E-state index contributed by atoms with van der Waals surface area (Å²) < 4.78 is 5.19. The Morgan fingerprint density at radius 2 is 2.42 bits per heavy atom. The smallest absolute Gasteiger partial charge is 0.138 e. The Morgan fingerprint density at radius 3 is 2.92 bits per heavy atom. The van der Waals surface area contributed by atoms with E-state index in [1.54, 1.807) is 24.4 Å². The van der Waals surface area contributed by atoms with Gasteiger partial charge in [0.15, 0.2) is 0 Å². The van der Waals surface area contributed by atoms with Crippen molar-refractivity contribution in [2.75, 3.05) is 6.61 Å². The van der Waals surface area contributed by atoms with Crippen molar-refractivity contribution >= 4 is 0 Å². The van der Waals surface area contributed by atoms with Gasteiger partial charge in [0.2, 0.25) is 0 Å². The Bertz CT molecular complexity index is 243. The first-order valence-electron chi connectivity index (χ1n) is 3.66. The second-order valence-corrected chi connectivity index (χ2v) is 2.24. The molecule has 0 bridgehead atoms. The predicted octanol–water partition coefficient (Wildman–Crippen LogP) is 1.14. The van der Waals surface area contributed by atoms with Crippen LogP contribution >= 0.6 is 0 Å². The molecule has 12 heavy (non-hydrogen) atoms. The number of hydrogen-bond donors (Lipinski definition) is 1. The highest BCUT2D eigenvalue weighted by Crippen LogP contribution is 2.08. The fraction of sp³-hybridized carbons (Fsp3) is 0.222. The fourth-order valence-corrected chi connectivity index (χ4v) is 0.745. The summed E-state index contributed by atoms with van der Waals surface area (Å²) in [7, 11) is 0. The van der Waals surface area contributed by atoms with Crippen LogP contribution in [-0.4, -0.2) is 16.7 Å². The normalized spacial score (nSPS) is 9.42. The Balaban J connectivity index is 2.58. The molecular formula is C9H11NO2. The molecule has 3 nitrogen and oxygen atoms in total. The summed E-state index contributed by atoms with van der Waals surface area (Å²) in [6, 6.07) is 3.49. The van der Waals surface area contributed by atoms with Gasteiger partial charge in [0, 0.05) is 0 Å². The summed E-state index contributed by atoms with van der Waals surface area (Å²) in [5.74, 6) is 0.687. The minimum atomic E-state index is -0.0399. The molecule has 1 N–H and O–H groups in total. The molecule has 0 spiro atoms. The summed E-state index contributed by atoms with van der Waals surface area (Å²) in [5.41, 5.74) is 0.640. The van der Waals surface area contributed by atoms with Crippen LogP contribution in [-0.2, 0) is 6.61 Å². The van der Waals surface area contributed by atoms with Crippen molar-refractivity contribution in [3.05, 3.63) is 36.7 Å². The third kappa shape index (κ3) is 2.36. The lowest BCUT2D eigenvalue weighted by atomic mass is 10.3. The van der Waals surface area contributed by atoms with E-state index < -0.39 is 0 Å². The summed E-state index contributed by atoms with van der Waals surface area (Å²) in [4.78, 5) is 3.94. The zero-order valence-corrected chi connectivity index (χ0v) is 6.73. The highest BCUT2D eigenvalue weighted by molar-refractivity contribution is 5.19. The second kappa shape index (κ2) is 4.51. The molecule has 0 fully saturated rings. The number of aliphatic hydroxyl groups excluding tert-OH is 1. The Morgan fingerprint density at radius 1 is 1.58 bits per heavy atom. The molecule has 64 valence electrons. The van der Waals surface area contributed by atoms with Gasteiger partial charge in [-0.2, -0.15) is 0 Å². The van der Waals surface area contributed by atoms with Gasteiger partial charge in [0.05, 0.1) is 18.5 Å². The first-order chi connectivity index (χ1) is 5.86. The SMILES string of the molecule is C=CCOc1ccc(CO)nc1. The Labute approximate surface area is 71.3 Å². The zero-order chi connectivity index (χ0) is 8.81. The standard InChI is InChI=1S/C9H11NO2/c1-2-5-12-9-4-3-8(7-11)10-6-9/h2-4,6,11H,1,5,7H2. The van der Waals surface area contributed by atoms with E-state index in [2.05, 4.69) is 11.6 Å². The van der Waals surface area contributed by atoms with E-state index in [1.807, 2.05) is 0 Å². The van der Waals surface area contributed by atoms with E-state index >= 15 is 0 Å². The molecule has 0 aliphatic heterocycles. The first kappa shape index (κ1) is 8.74. The van der Waals surface area contributed by atoms with E-state index in [1.165, 1.54) is 0 Å². The third-order valence-electron chi connectivity index (χ3n) is 1.33. The van der Waals surface area contributed by atoms with Crippen LogP contribution in [0, 0.1) is 0 Å². The van der Waals surface area contributed by atoms with E-state index in [9.17, 15) is 0 Å². The lowest BCUT2D eigenvalue weighted by Crippen LogP contribution is -1.94. The summed E-state index contributed by atoms with van der Waals surface area (Å²) >= 11 is 0. The third-order valence-corrected chi connectivity index (χ3v) is 1.33. The van der Waals surface area contributed by atoms with Gasteiger partial charge in [-0.3, -0.25) is 4.98 Å². The molecule has 0 aliphatic carbocycles. The van der Waals surface area contributed by atoms with Gasteiger partial charge in [-0.1, -0.05) is 12.7 Å². The van der Waals surface area contributed by atoms with Crippen LogP contribution in [0.15, 0.2) is 31.0 Å². The van der Waals surface area contributed by atoms with Crippen LogP contribution in [0.5, 0.6) is 5.75 Å². The molecule has 3 heteroatoms.